The van der Waals surface area contributed by atoms with Crippen LogP contribution in [0, 0.1) is 10.1 Å². The van der Waals surface area contributed by atoms with Crippen LogP contribution in [0.25, 0.3) is 0 Å². The fourth-order valence-corrected chi connectivity index (χ4v) is 2.23. The first-order chi connectivity index (χ1) is 11.0. The lowest BCUT2D eigenvalue weighted by Crippen LogP contribution is -2.45. The van der Waals surface area contributed by atoms with E-state index in [4.69, 9.17) is 4.74 Å². The normalized spacial score (nSPS) is 12.2. The molecule has 9 heteroatoms. The minimum absolute atomic E-state index is 0.102. The Kier molecular flexibility index (Phi) is 6.70. The van der Waals surface area contributed by atoms with Crippen LogP contribution in [0.4, 0.5) is 10.5 Å². The lowest BCUT2D eigenvalue weighted by Gasteiger charge is -2.22. The predicted molar refractivity (Wildman–Crippen MR) is 89.7 cm³/mol. The molecule has 0 aliphatic carbocycles. The van der Waals surface area contributed by atoms with Gasteiger partial charge in [0.2, 0.25) is 0 Å². The molecule has 1 unspecified atom stereocenters. The molecule has 0 bridgehead atoms. The van der Waals surface area contributed by atoms with E-state index in [9.17, 15) is 19.7 Å². The highest BCUT2D eigenvalue weighted by Gasteiger charge is 2.28. The molecule has 24 heavy (non-hydrogen) atoms. The molecule has 8 nitrogen and oxygen atoms in total. The number of benzene rings is 1. The van der Waals surface area contributed by atoms with Gasteiger partial charge in [0, 0.05) is 22.5 Å². The molecule has 0 spiro atoms. The molecule has 132 valence electrons. The highest BCUT2D eigenvalue weighted by atomic mass is 79.9. The summed E-state index contributed by atoms with van der Waals surface area (Å²) in [6, 6.07) is 3.35. The van der Waals surface area contributed by atoms with Crippen molar-refractivity contribution in [1.82, 2.24) is 5.32 Å². The van der Waals surface area contributed by atoms with E-state index in [1.807, 2.05) is 0 Å². The van der Waals surface area contributed by atoms with Crippen molar-refractivity contribution in [2.45, 2.75) is 38.8 Å². The molecule has 0 aliphatic rings. The molecule has 1 aromatic rings. The number of hydrogen-bond donors (Lipinski definition) is 1. The molecule has 0 saturated carbocycles. The Morgan fingerprint density at radius 1 is 1.38 bits per heavy atom. The third kappa shape index (κ3) is 6.15. The summed E-state index contributed by atoms with van der Waals surface area (Å²) in [4.78, 5) is 34.4. The van der Waals surface area contributed by atoms with Gasteiger partial charge in [0.1, 0.15) is 11.6 Å². The quantitative estimate of drug-likeness (QED) is 0.460. The summed E-state index contributed by atoms with van der Waals surface area (Å²) in [5.74, 6) is -0.724. The predicted octanol–water partition coefficient (Wildman–Crippen LogP) is 2.97. The Labute approximate surface area is 147 Å². The van der Waals surface area contributed by atoms with Crippen molar-refractivity contribution in [3.05, 3.63) is 38.3 Å². The van der Waals surface area contributed by atoms with E-state index in [0.717, 1.165) is 0 Å². The zero-order valence-corrected chi connectivity index (χ0v) is 15.4. The number of amides is 1. The molecule has 1 N–H and O–H groups in total. The van der Waals surface area contributed by atoms with Gasteiger partial charge in [0.05, 0.1) is 12.0 Å². The largest absolute Gasteiger partial charge is 0.467 e. The first kappa shape index (κ1) is 19.9. The molecule has 0 saturated heterocycles. The van der Waals surface area contributed by atoms with Crippen LogP contribution in [0.5, 0.6) is 0 Å². The monoisotopic (exact) mass is 402 g/mol. The highest BCUT2D eigenvalue weighted by Crippen LogP contribution is 2.25. The number of hydrogen-bond acceptors (Lipinski definition) is 6. The average molecular weight is 403 g/mol. The van der Waals surface area contributed by atoms with Crippen molar-refractivity contribution in [1.29, 1.82) is 0 Å². The minimum Gasteiger partial charge on any atom is -0.467 e. The number of nitrogens with one attached hydrogen (secondary N) is 1. The zero-order chi connectivity index (χ0) is 18.5. The maximum absolute atomic E-state index is 11.9. The Hall–Kier alpha value is -2.16. The van der Waals surface area contributed by atoms with Gasteiger partial charge in [-0.05, 0) is 26.8 Å². The first-order valence-corrected chi connectivity index (χ1v) is 7.83. The van der Waals surface area contributed by atoms with Gasteiger partial charge < -0.3 is 14.8 Å². The highest BCUT2D eigenvalue weighted by molar-refractivity contribution is 9.10. The van der Waals surface area contributed by atoms with Crippen molar-refractivity contribution in [2.75, 3.05) is 7.11 Å². The van der Waals surface area contributed by atoms with Gasteiger partial charge in [-0.25, -0.2) is 9.59 Å². The van der Waals surface area contributed by atoms with E-state index in [0.29, 0.717) is 4.47 Å². The smallest absolute Gasteiger partial charge is 0.408 e. The molecule has 1 amide bonds. The van der Waals surface area contributed by atoms with Crippen LogP contribution in [0.2, 0.25) is 0 Å². The summed E-state index contributed by atoms with van der Waals surface area (Å²) < 4.78 is 10.3. The van der Waals surface area contributed by atoms with Gasteiger partial charge in [0.15, 0.2) is 0 Å². The SMILES string of the molecule is COC(=O)C(Cc1ccc(Br)cc1[N+](=O)[O-])NC(=O)OC(C)(C)C. The molecule has 1 atom stereocenters. The first-order valence-electron chi connectivity index (χ1n) is 7.03. The standard InChI is InChI=1S/C15H19BrN2O6/c1-15(2,3)24-14(20)17-11(13(19)23-4)7-9-5-6-10(16)8-12(9)18(21)22/h5-6,8,11H,7H2,1-4H3,(H,17,20). The minimum atomic E-state index is -1.11. The fraction of sp³-hybridized carbons (Fsp3) is 0.467. The van der Waals surface area contributed by atoms with Crippen LogP contribution in [0.3, 0.4) is 0 Å². The average Bonchev–Trinajstić information content (AvgIpc) is 2.45. The number of esters is 1. The lowest BCUT2D eigenvalue weighted by molar-refractivity contribution is -0.385. The van der Waals surface area contributed by atoms with Gasteiger partial charge in [-0.3, -0.25) is 10.1 Å². The number of nitro benzene ring substituents is 1. The summed E-state index contributed by atoms with van der Waals surface area (Å²) in [5.41, 5.74) is -0.618. The third-order valence-corrected chi connectivity index (χ3v) is 3.34. The number of halogens is 1. The second-order valence-electron chi connectivity index (χ2n) is 5.96. The number of alkyl carbamates (subject to hydrolysis) is 1. The van der Waals surface area contributed by atoms with Crippen molar-refractivity contribution >= 4 is 33.7 Å². The van der Waals surface area contributed by atoms with Gasteiger partial charge in [-0.1, -0.05) is 22.0 Å². The summed E-state index contributed by atoms with van der Waals surface area (Å²) in [5, 5.41) is 13.5. The van der Waals surface area contributed by atoms with E-state index < -0.39 is 28.6 Å². The van der Waals surface area contributed by atoms with Crippen LogP contribution < -0.4 is 5.32 Å². The van der Waals surface area contributed by atoms with Gasteiger partial charge in [-0.15, -0.1) is 0 Å². The second-order valence-corrected chi connectivity index (χ2v) is 6.87. The van der Waals surface area contributed by atoms with Gasteiger partial charge in [-0.2, -0.15) is 0 Å². The zero-order valence-electron chi connectivity index (χ0n) is 13.8. The number of carbonyl (C=O) groups is 2. The molecule has 0 aliphatic heterocycles. The molecule has 0 aromatic heterocycles. The van der Waals surface area contributed by atoms with E-state index in [2.05, 4.69) is 26.0 Å². The Bertz CT molecular complexity index is 641. The fourth-order valence-electron chi connectivity index (χ4n) is 1.88. The van der Waals surface area contributed by atoms with Crippen molar-refractivity contribution in [3.63, 3.8) is 0 Å². The van der Waals surface area contributed by atoms with E-state index in [-0.39, 0.29) is 17.7 Å². The number of rotatable bonds is 5. The molecule has 0 radical (unpaired) electrons. The van der Waals surface area contributed by atoms with Crippen LogP contribution in [-0.4, -0.2) is 35.7 Å². The van der Waals surface area contributed by atoms with E-state index >= 15 is 0 Å². The lowest BCUT2D eigenvalue weighted by atomic mass is 10.0. The maximum Gasteiger partial charge on any atom is 0.408 e. The molecular formula is C15H19BrN2O6. The van der Waals surface area contributed by atoms with Crippen LogP contribution >= 0.6 is 15.9 Å². The van der Waals surface area contributed by atoms with Crippen LogP contribution in [-0.2, 0) is 20.7 Å². The van der Waals surface area contributed by atoms with Crippen molar-refractivity contribution in [2.24, 2.45) is 0 Å². The van der Waals surface area contributed by atoms with Gasteiger partial charge in [0.25, 0.3) is 5.69 Å². The molecule has 0 heterocycles. The number of methoxy groups -OCH3 is 1. The molecule has 1 rings (SSSR count). The number of ether oxygens (including phenoxy) is 2. The third-order valence-electron chi connectivity index (χ3n) is 2.84. The second kappa shape index (κ2) is 8.09. The summed E-state index contributed by atoms with van der Waals surface area (Å²) in [6.45, 7) is 5.04. The number of nitrogens with zero attached hydrogens (tertiary/aromatic N) is 1. The Balaban J connectivity index is 3.01. The summed E-state index contributed by atoms with van der Waals surface area (Å²) >= 11 is 3.16. The van der Waals surface area contributed by atoms with Crippen LogP contribution in [0.15, 0.2) is 22.7 Å². The molecule has 1 aromatic carbocycles. The van der Waals surface area contributed by atoms with Crippen LogP contribution in [0.1, 0.15) is 26.3 Å². The Morgan fingerprint density at radius 2 is 2.00 bits per heavy atom. The summed E-state index contributed by atoms with van der Waals surface area (Å²) in [6.07, 6.45) is -0.909. The topological polar surface area (TPSA) is 108 Å². The molecule has 0 fully saturated rings. The summed E-state index contributed by atoms with van der Waals surface area (Å²) in [7, 11) is 1.17. The number of nitro groups is 1. The van der Waals surface area contributed by atoms with Crippen molar-refractivity contribution < 1.29 is 24.0 Å². The Morgan fingerprint density at radius 3 is 2.50 bits per heavy atom. The molecular weight excluding hydrogens is 384 g/mol. The van der Waals surface area contributed by atoms with E-state index in [1.54, 1.807) is 26.8 Å². The maximum atomic E-state index is 11.9. The van der Waals surface area contributed by atoms with E-state index in [1.165, 1.54) is 19.2 Å². The number of carbonyl (C=O) groups excluding carboxylic acids is 2. The van der Waals surface area contributed by atoms with Gasteiger partial charge >= 0.3 is 12.1 Å². The van der Waals surface area contributed by atoms with Crippen molar-refractivity contribution in [3.8, 4) is 0 Å².